The molecule has 0 aliphatic heterocycles. The standard InChI is InChI=1S/C21H16BrClN2O3S/c1-13-12-18(19(23)14(2)20(13)26)24-21(15-6-4-3-5-7-15)25-29(27,28)17-10-8-16(22)9-11-17/h3-12H,1-2H3. The molecule has 0 spiro atoms. The number of amidine groups is 1. The van der Waals surface area contributed by atoms with Crippen molar-refractivity contribution in [2.45, 2.75) is 18.7 Å². The second-order valence-corrected chi connectivity index (χ2v) is 9.20. The summed E-state index contributed by atoms with van der Waals surface area (Å²) in [6.45, 7) is 3.26. The van der Waals surface area contributed by atoms with Gasteiger partial charge >= 0.3 is 0 Å². The molecule has 0 bridgehead atoms. The number of carbonyl (C=O) groups is 1. The summed E-state index contributed by atoms with van der Waals surface area (Å²) in [6.07, 6.45) is 1.53. The van der Waals surface area contributed by atoms with Gasteiger partial charge in [-0.25, -0.2) is 4.99 Å². The largest absolute Gasteiger partial charge is 0.289 e. The predicted molar refractivity (Wildman–Crippen MR) is 119 cm³/mol. The first-order chi connectivity index (χ1) is 13.7. The number of benzene rings is 2. The normalized spacial score (nSPS) is 17.0. The molecule has 0 unspecified atom stereocenters. The van der Waals surface area contributed by atoms with Crippen LogP contribution in [0.25, 0.3) is 0 Å². The zero-order valence-corrected chi connectivity index (χ0v) is 18.7. The Labute approximate surface area is 182 Å². The SMILES string of the molecule is CC1=CC(=NC(=NS(=O)(=O)c2ccc(Br)cc2)c2ccccc2)C(Cl)=C(C)C1=O. The Morgan fingerprint density at radius 1 is 1.00 bits per heavy atom. The first-order valence-electron chi connectivity index (χ1n) is 8.53. The summed E-state index contributed by atoms with van der Waals surface area (Å²) in [5.74, 6) is -0.192. The number of sulfonamides is 1. The van der Waals surface area contributed by atoms with E-state index in [1.807, 2.05) is 0 Å². The molecule has 0 N–H and O–H groups in total. The Morgan fingerprint density at radius 3 is 2.24 bits per heavy atom. The number of rotatable bonds is 3. The van der Waals surface area contributed by atoms with Crippen molar-refractivity contribution in [3.05, 3.63) is 86.9 Å². The van der Waals surface area contributed by atoms with Gasteiger partial charge in [0.15, 0.2) is 11.6 Å². The number of allylic oxidation sites excluding steroid dienone is 4. The van der Waals surface area contributed by atoms with E-state index in [9.17, 15) is 13.2 Å². The van der Waals surface area contributed by atoms with Crippen LogP contribution >= 0.6 is 27.5 Å². The summed E-state index contributed by atoms with van der Waals surface area (Å²) in [5, 5.41) is 0.172. The summed E-state index contributed by atoms with van der Waals surface area (Å²) in [6, 6.07) is 14.9. The molecule has 0 heterocycles. The molecule has 2 aromatic carbocycles. The van der Waals surface area contributed by atoms with E-state index < -0.39 is 10.0 Å². The fraction of sp³-hybridized carbons (Fsp3) is 0.0952. The van der Waals surface area contributed by atoms with Crippen LogP contribution in [0.15, 0.2) is 95.6 Å². The molecule has 0 fully saturated rings. The third kappa shape index (κ3) is 4.80. The van der Waals surface area contributed by atoms with Gasteiger partial charge in [0.1, 0.15) is 0 Å². The first kappa shape index (κ1) is 21.4. The summed E-state index contributed by atoms with van der Waals surface area (Å²) in [7, 11) is -4.02. The van der Waals surface area contributed by atoms with Crippen LogP contribution in [-0.4, -0.2) is 25.7 Å². The van der Waals surface area contributed by atoms with E-state index in [-0.39, 0.29) is 27.3 Å². The first-order valence-corrected chi connectivity index (χ1v) is 11.1. The van der Waals surface area contributed by atoms with Crippen LogP contribution in [0.2, 0.25) is 0 Å². The van der Waals surface area contributed by atoms with Gasteiger partial charge in [-0.1, -0.05) is 57.9 Å². The molecule has 8 heteroatoms. The molecule has 2 aromatic rings. The average molecular weight is 492 g/mol. The van der Waals surface area contributed by atoms with Crippen LogP contribution < -0.4 is 0 Å². The molecule has 0 atom stereocenters. The van der Waals surface area contributed by atoms with Gasteiger partial charge in [0.2, 0.25) is 0 Å². The third-order valence-corrected chi connectivity index (χ3v) is 6.47. The Kier molecular flexibility index (Phi) is 6.31. The highest BCUT2D eigenvalue weighted by Crippen LogP contribution is 2.24. The Hall–Kier alpha value is -2.35. The van der Waals surface area contributed by atoms with E-state index in [1.165, 1.54) is 18.2 Å². The highest BCUT2D eigenvalue weighted by atomic mass is 79.9. The van der Waals surface area contributed by atoms with Crippen molar-refractivity contribution in [3.63, 3.8) is 0 Å². The highest BCUT2D eigenvalue weighted by molar-refractivity contribution is 9.10. The van der Waals surface area contributed by atoms with Crippen LogP contribution in [0.5, 0.6) is 0 Å². The van der Waals surface area contributed by atoms with Crippen molar-refractivity contribution < 1.29 is 13.2 Å². The van der Waals surface area contributed by atoms with Crippen LogP contribution in [0.4, 0.5) is 0 Å². The van der Waals surface area contributed by atoms with E-state index in [0.717, 1.165) is 4.47 Å². The number of nitrogens with zero attached hydrogens (tertiary/aromatic N) is 2. The van der Waals surface area contributed by atoms with Crippen molar-refractivity contribution in [1.82, 2.24) is 0 Å². The smallest absolute Gasteiger partial charge is 0.284 e. The van der Waals surface area contributed by atoms with Crippen LogP contribution in [0.3, 0.4) is 0 Å². The highest BCUT2D eigenvalue weighted by Gasteiger charge is 2.22. The molecule has 5 nitrogen and oxygen atoms in total. The zero-order chi connectivity index (χ0) is 21.2. The van der Waals surface area contributed by atoms with E-state index >= 15 is 0 Å². The van der Waals surface area contributed by atoms with Gasteiger partial charge in [0.25, 0.3) is 10.0 Å². The number of hydrogen-bond donors (Lipinski definition) is 0. The number of hydrogen-bond acceptors (Lipinski definition) is 3. The van der Waals surface area contributed by atoms with E-state index in [1.54, 1.807) is 56.3 Å². The number of aliphatic imine (C=N–C) groups is 1. The van der Waals surface area contributed by atoms with Gasteiger partial charge in [-0.05, 0) is 49.8 Å². The summed E-state index contributed by atoms with van der Waals surface area (Å²) < 4.78 is 30.4. The van der Waals surface area contributed by atoms with Gasteiger partial charge in [-0.3, -0.25) is 4.79 Å². The van der Waals surface area contributed by atoms with Gasteiger partial charge < -0.3 is 0 Å². The molecule has 0 amide bonds. The number of halogens is 2. The van der Waals surface area contributed by atoms with Crippen LogP contribution in [0, 0.1) is 0 Å². The van der Waals surface area contributed by atoms with Gasteiger partial charge in [-0.2, -0.15) is 8.42 Å². The minimum absolute atomic E-state index is 0.0205. The fourth-order valence-corrected chi connectivity index (χ4v) is 4.02. The molecule has 0 radical (unpaired) electrons. The Morgan fingerprint density at radius 2 is 1.62 bits per heavy atom. The summed E-state index contributed by atoms with van der Waals surface area (Å²) >= 11 is 9.59. The topological polar surface area (TPSA) is 75.9 Å². The second kappa shape index (κ2) is 8.57. The van der Waals surface area contributed by atoms with Crippen molar-refractivity contribution in [1.29, 1.82) is 0 Å². The second-order valence-electron chi connectivity index (χ2n) is 6.30. The predicted octanol–water partition coefficient (Wildman–Crippen LogP) is 5.07. The summed E-state index contributed by atoms with van der Waals surface area (Å²) in [4.78, 5) is 16.5. The van der Waals surface area contributed by atoms with E-state index in [0.29, 0.717) is 16.7 Å². The molecular formula is C21H16BrClN2O3S. The molecule has 0 saturated carbocycles. The molecule has 29 heavy (non-hydrogen) atoms. The van der Waals surface area contributed by atoms with Gasteiger partial charge in [0.05, 0.1) is 15.6 Å². The van der Waals surface area contributed by atoms with Crippen molar-refractivity contribution in [2.75, 3.05) is 0 Å². The molecule has 148 valence electrons. The van der Waals surface area contributed by atoms with Crippen molar-refractivity contribution in [3.8, 4) is 0 Å². The Balaban J connectivity index is 2.18. The Bertz CT molecular complexity index is 1200. The minimum atomic E-state index is -4.02. The van der Waals surface area contributed by atoms with Crippen LogP contribution in [0.1, 0.15) is 19.4 Å². The fourth-order valence-electron chi connectivity index (χ4n) is 2.61. The molecule has 1 aliphatic carbocycles. The lowest BCUT2D eigenvalue weighted by atomic mass is 9.97. The summed E-state index contributed by atoms with van der Waals surface area (Å²) in [5.41, 5.74) is 1.61. The molecule has 0 saturated heterocycles. The lowest BCUT2D eigenvalue weighted by Crippen LogP contribution is -2.16. The lowest BCUT2D eigenvalue weighted by molar-refractivity contribution is -0.112. The minimum Gasteiger partial charge on any atom is -0.289 e. The average Bonchev–Trinajstić information content (AvgIpc) is 2.70. The molecule has 3 rings (SSSR count). The number of carbonyl (C=O) groups excluding carboxylic acids is 1. The van der Waals surface area contributed by atoms with Gasteiger partial charge in [0, 0.05) is 15.6 Å². The quantitative estimate of drug-likeness (QED) is 0.342. The van der Waals surface area contributed by atoms with Gasteiger partial charge in [-0.15, -0.1) is 4.40 Å². The molecule has 1 aliphatic rings. The maximum atomic E-state index is 12.8. The monoisotopic (exact) mass is 490 g/mol. The van der Waals surface area contributed by atoms with E-state index in [2.05, 4.69) is 25.3 Å². The zero-order valence-electron chi connectivity index (χ0n) is 15.6. The lowest BCUT2D eigenvalue weighted by Gasteiger charge is -2.13. The van der Waals surface area contributed by atoms with E-state index in [4.69, 9.17) is 11.6 Å². The third-order valence-electron chi connectivity index (χ3n) is 4.18. The molecule has 0 aromatic heterocycles. The van der Waals surface area contributed by atoms with Crippen molar-refractivity contribution in [2.24, 2.45) is 9.39 Å². The maximum absolute atomic E-state index is 12.8. The van der Waals surface area contributed by atoms with Crippen LogP contribution in [-0.2, 0) is 14.8 Å². The number of ketones is 1. The molecular weight excluding hydrogens is 476 g/mol. The number of Topliss-reactive ketones (excluding diaryl/α,β-unsaturated/α-hetero) is 1. The maximum Gasteiger partial charge on any atom is 0.284 e. The van der Waals surface area contributed by atoms with Crippen molar-refractivity contribution >= 4 is 54.9 Å².